The normalized spacial score (nSPS) is 16.4. The first-order valence-electron chi connectivity index (χ1n) is 15.1. The minimum atomic E-state index is -0.967. The molecule has 6 rings (SSSR count). The maximum absolute atomic E-state index is 13.4. The number of benzene rings is 4. The number of aromatic carboxylic acids is 1. The molecule has 2 aliphatic heterocycles. The number of carboxylic acids is 1. The maximum Gasteiger partial charge on any atom is 0.335 e. The zero-order chi connectivity index (χ0) is 32.0. The number of carbonyl (C=O) groups is 2. The lowest BCUT2D eigenvalue weighted by Crippen LogP contribution is -2.38. The molecule has 0 spiro atoms. The third-order valence-corrected chi connectivity index (χ3v) is 9.50. The van der Waals surface area contributed by atoms with Gasteiger partial charge in [0.2, 0.25) is 0 Å². The monoisotopic (exact) mass is 654 g/mol. The van der Waals surface area contributed by atoms with Gasteiger partial charge < -0.3 is 19.3 Å². The highest BCUT2D eigenvalue weighted by Crippen LogP contribution is 2.37. The van der Waals surface area contributed by atoms with Crippen LogP contribution < -0.4 is 9.47 Å². The molecule has 2 fully saturated rings. The standard InChI is InChI=1S/C36H34N2O6S2/c1-42-30-10-9-27-22-29(8-7-28(27)23-30)31-20-25(4-11-32(31)44-19-16-37-14-17-43-18-15-37)21-33-34(39)38(36(45)46-33)13-12-24-2-5-26(6-3-24)35(40)41/h2-11,20-23H,12-19H2,1H3,(H,40,41). The number of hydrogen-bond donors (Lipinski definition) is 1. The molecule has 0 aliphatic carbocycles. The number of nitrogens with zero attached hydrogens (tertiary/aromatic N) is 2. The van der Waals surface area contributed by atoms with Gasteiger partial charge >= 0.3 is 5.97 Å². The Balaban J connectivity index is 1.23. The van der Waals surface area contributed by atoms with Gasteiger partial charge in [0.15, 0.2) is 0 Å². The molecule has 46 heavy (non-hydrogen) atoms. The number of fused-ring (bicyclic) bond motifs is 1. The summed E-state index contributed by atoms with van der Waals surface area (Å²) in [6, 6.07) is 25.0. The predicted molar refractivity (Wildman–Crippen MR) is 186 cm³/mol. The van der Waals surface area contributed by atoms with Gasteiger partial charge in [0, 0.05) is 31.7 Å². The summed E-state index contributed by atoms with van der Waals surface area (Å²) in [4.78, 5) is 29.1. The molecule has 0 atom stereocenters. The third kappa shape index (κ3) is 7.42. The summed E-state index contributed by atoms with van der Waals surface area (Å²) in [5.74, 6) is 0.484. The molecule has 236 valence electrons. The Bertz CT molecular complexity index is 1800. The molecule has 10 heteroatoms. The number of rotatable bonds is 11. The largest absolute Gasteiger partial charge is 0.497 e. The van der Waals surface area contributed by atoms with Gasteiger partial charge in [-0.25, -0.2) is 4.79 Å². The summed E-state index contributed by atoms with van der Waals surface area (Å²) in [5.41, 5.74) is 3.99. The summed E-state index contributed by atoms with van der Waals surface area (Å²) in [6.07, 6.45) is 2.45. The third-order valence-electron chi connectivity index (χ3n) is 8.13. The molecular formula is C36H34N2O6S2. The summed E-state index contributed by atoms with van der Waals surface area (Å²) in [6.45, 7) is 5.07. The number of morpholine rings is 1. The molecule has 0 saturated carbocycles. The topological polar surface area (TPSA) is 88.5 Å². The van der Waals surface area contributed by atoms with Crippen LogP contribution in [-0.4, -0.2) is 84.2 Å². The zero-order valence-corrected chi connectivity index (χ0v) is 27.1. The Hall–Kier alpha value is -4.22. The fourth-order valence-electron chi connectivity index (χ4n) is 5.52. The maximum atomic E-state index is 13.4. The quantitative estimate of drug-likeness (QED) is 0.146. The van der Waals surface area contributed by atoms with Crippen molar-refractivity contribution >= 4 is 57.0 Å². The molecule has 2 aliphatic rings. The van der Waals surface area contributed by atoms with E-state index in [0.29, 0.717) is 28.8 Å². The first kappa shape index (κ1) is 31.7. The van der Waals surface area contributed by atoms with E-state index in [1.807, 2.05) is 36.4 Å². The fraction of sp³-hybridized carbons (Fsp3) is 0.250. The number of thiocarbonyl (C=S) groups is 1. The van der Waals surface area contributed by atoms with Crippen LogP contribution in [0.3, 0.4) is 0 Å². The van der Waals surface area contributed by atoms with E-state index in [1.165, 1.54) is 11.8 Å². The van der Waals surface area contributed by atoms with E-state index in [1.54, 1.807) is 36.3 Å². The average molecular weight is 655 g/mol. The highest BCUT2D eigenvalue weighted by molar-refractivity contribution is 8.26. The van der Waals surface area contributed by atoms with Crippen LogP contribution in [-0.2, 0) is 16.0 Å². The van der Waals surface area contributed by atoms with Crippen LogP contribution in [0.25, 0.3) is 28.0 Å². The Morgan fingerprint density at radius 3 is 2.50 bits per heavy atom. The lowest BCUT2D eigenvalue weighted by molar-refractivity contribution is -0.122. The second kappa shape index (κ2) is 14.5. The highest BCUT2D eigenvalue weighted by atomic mass is 32.2. The van der Waals surface area contributed by atoms with E-state index in [9.17, 15) is 9.59 Å². The van der Waals surface area contributed by atoms with E-state index in [4.69, 9.17) is 31.5 Å². The van der Waals surface area contributed by atoms with Crippen molar-refractivity contribution in [2.45, 2.75) is 6.42 Å². The number of ether oxygens (including phenoxy) is 3. The van der Waals surface area contributed by atoms with Gasteiger partial charge in [-0.2, -0.15) is 0 Å². The molecular weight excluding hydrogens is 621 g/mol. The minimum absolute atomic E-state index is 0.135. The molecule has 0 radical (unpaired) electrons. The van der Waals surface area contributed by atoms with Crippen LogP contribution in [0, 0.1) is 0 Å². The molecule has 0 aromatic heterocycles. The Morgan fingerprint density at radius 1 is 0.978 bits per heavy atom. The molecule has 1 amide bonds. The first-order valence-corrected chi connectivity index (χ1v) is 16.3. The first-order chi connectivity index (χ1) is 22.4. The van der Waals surface area contributed by atoms with Crippen LogP contribution in [0.1, 0.15) is 21.5 Å². The Morgan fingerprint density at radius 2 is 1.74 bits per heavy atom. The number of methoxy groups -OCH3 is 1. The Labute approximate surface area is 277 Å². The Kier molecular flexibility index (Phi) is 9.99. The van der Waals surface area contributed by atoms with Crippen molar-refractivity contribution in [1.82, 2.24) is 9.80 Å². The molecule has 2 heterocycles. The van der Waals surface area contributed by atoms with Crippen molar-refractivity contribution in [3.8, 4) is 22.6 Å². The van der Waals surface area contributed by atoms with E-state index in [-0.39, 0.29) is 11.5 Å². The molecule has 1 N–H and O–H groups in total. The van der Waals surface area contributed by atoms with Crippen LogP contribution in [0.5, 0.6) is 11.5 Å². The van der Waals surface area contributed by atoms with Gasteiger partial charge in [0.1, 0.15) is 22.4 Å². The summed E-state index contributed by atoms with van der Waals surface area (Å²) < 4.78 is 17.7. The fourth-order valence-corrected chi connectivity index (χ4v) is 6.82. The molecule has 4 aromatic carbocycles. The van der Waals surface area contributed by atoms with E-state index in [2.05, 4.69) is 29.2 Å². The summed E-state index contributed by atoms with van der Waals surface area (Å²) in [5, 5.41) is 11.3. The van der Waals surface area contributed by atoms with Gasteiger partial charge in [-0.15, -0.1) is 0 Å². The molecule has 0 unspecified atom stereocenters. The molecule has 4 aromatic rings. The summed E-state index contributed by atoms with van der Waals surface area (Å²) >= 11 is 6.87. The van der Waals surface area contributed by atoms with Crippen LogP contribution in [0.15, 0.2) is 83.8 Å². The lowest BCUT2D eigenvalue weighted by Gasteiger charge is -2.26. The van der Waals surface area contributed by atoms with Crippen LogP contribution in [0.2, 0.25) is 0 Å². The van der Waals surface area contributed by atoms with Crippen molar-refractivity contribution < 1.29 is 28.9 Å². The van der Waals surface area contributed by atoms with Gasteiger partial charge in [0.25, 0.3) is 5.91 Å². The summed E-state index contributed by atoms with van der Waals surface area (Å²) in [7, 11) is 1.66. The van der Waals surface area contributed by atoms with Gasteiger partial charge in [0.05, 0.1) is 30.8 Å². The van der Waals surface area contributed by atoms with Gasteiger partial charge in [-0.3, -0.25) is 14.6 Å². The second-order valence-corrected chi connectivity index (χ2v) is 12.7. The van der Waals surface area contributed by atoms with E-state index < -0.39 is 5.97 Å². The van der Waals surface area contributed by atoms with Crippen molar-refractivity contribution in [1.29, 1.82) is 0 Å². The second-order valence-electron chi connectivity index (χ2n) is 11.1. The van der Waals surface area contributed by atoms with Crippen molar-refractivity contribution in [3.63, 3.8) is 0 Å². The van der Waals surface area contributed by atoms with Gasteiger partial charge in [-0.05, 0) is 82.4 Å². The zero-order valence-electron chi connectivity index (χ0n) is 25.4. The number of hydrogen-bond acceptors (Lipinski definition) is 8. The van der Waals surface area contributed by atoms with Crippen LogP contribution in [0.4, 0.5) is 0 Å². The van der Waals surface area contributed by atoms with Crippen molar-refractivity contribution in [3.05, 3.63) is 100 Å². The SMILES string of the molecule is COc1ccc2cc(-c3cc(C=C4SC(=S)N(CCc5ccc(C(=O)O)cc5)C4=O)ccc3OCCN3CCOCC3)ccc2c1. The highest BCUT2D eigenvalue weighted by Gasteiger charge is 2.31. The molecule has 2 saturated heterocycles. The number of amides is 1. The van der Waals surface area contributed by atoms with Crippen molar-refractivity contribution in [2.24, 2.45) is 0 Å². The predicted octanol–water partition coefficient (Wildman–Crippen LogP) is 6.37. The van der Waals surface area contributed by atoms with E-state index >= 15 is 0 Å². The molecule has 8 nitrogen and oxygen atoms in total. The van der Waals surface area contributed by atoms with Crippen LogP contribution >= 0.6 is 24.0 Å². The number of thioether (sulfide) groups is 1. The number of carboxylic acid groups (broad SMARTS) is 1. The van der Waals surface area contributed by atoms with E-state index in [0.717, 1.165) is 77.4 Å². The number of carbonyl (C=O) groups excluding carboxylic acids is 1. The lowest BCUT2D eigenvalue weighted by atomic mass is 9.98. The molecule has 0 bridgehead atoms. The van der Waals surface area contributed by atoms with Crippen molar-refractivity contribution in [2.75, 3.05) is 53.1 Å². The smallest absolute Gasteiger partial charge is 0.335 e. The van der Waals surface area contributed by atoms with Gasteiger partial charge in [-0.1, -0.05) is 60.4 Å². The average Bonchev–Trinajstić information content (AvgIpc) is 3.35. The minimum Gasteiger partial charge on any atom is -0.497 e.